The first kappa shape index (κ1) is 23.9. The van der Waals surface area contributed by atoms with Crippen molar-refractivity contribution < 1.29 is 24.2 Å². The maximum Gasteiger partial charge on any atom is 0.341 e. The van der Waals surface area contributed by atoms with Crippen molar-refractivity contribution in [3.63, 3.8) is 0 Å². The van der Waals surface area contributed by atoms with Crippen LogP contribution >= 0.6 is 27.7 Å². The third-order valence-electron chi connectivity index (χ3n) is 4.34. The summed E-state index contributed by atoms with van der Waals surface area (Å²) in [5.41, 5.74) is 1.32. The molecule has 2 aromatic carbocycles. The summed E-state index contributed by atoms with van der Waals surface area (Å²) in [7, 11) is 1.60. The lowest BCUT2D eigenvalue weighted by atomic mass is 10.1. The van der Waals surface area contributed by atoms with Gasteiger partial charge in [0.2, 0.25) is 0 Å². The van der Waals surface area contributed by atoms with Gasteiger partial charge in [-0.3, -0.25) is 9.69 Å². The molecule has 9 heteroatoms. The first-order valence-electron chi connectivity index (χ1n) is 9.85. The minimum Gasteiger partial charge on any atom is -0.497 e. The number of thioether (sulfide) groups is 1. The number of ether oxygens (including phenoxy) is 2. The van der Waals surface area contributed by atoms with Crippen LogP contribution in [-0.2, 0) is 9.59 Å². The highest BCUT2D eigenvalue weighted by Crippen LogP contribution is 2.36. The number of carbonyl (C=O) groups is 2. The van der Waals surface area contributed by atoms with Gasteiger partial charge in [-0.05, 0) is 66.2 Å². The summed E-state index contributed by atoms with van der Waals surface area (Å²) >= 11 is 4.69. The van der Waals surface area contributed by atoms with E-state index < -0.39 is 12.6 Å². The highest BCUT2D eigenvalue weighted by molar-refractivity contribution is 9.10. The zero-order chi connectivity index (χ0) is 23.3. The number of hydrogen-bond acceptors (Lipinski definition) is 6. The highest BCUT2D eigenvalue weighted by Gasteiger charge is 2.34. The fourth-order valence-corrected chi connectivity index (χ4v) is 4.31. The number of aliphatic imine (C=N–C) groups is 1. The van der Waals surface area contributed by atoms with E-state index in [2.05, 4.69) is 20.9 Å². The molecule has 0 aromatic heterocycles. The summed E-state index contributed by atoms with van der Waals surface area (Å²) in [5, 5.41) is 9.52. The van der Waals surface area contributed by atoms with Gasteiger partial charge in [0.15, 0.2) is 11.8 Å². The lowest BCUT2D eigenvalue weighted by Crippen LogP contribution is -2.32. The fourth-order valence-electron chi connectivity index (χ4n) is 2.93. The molecule has 2 aromatic rings. The van der Waals surface area contributed by atoms with Crippen molar-refractivity contribution in [3.05, 3.63) is 57.4 Å². The van der Waals surface area contributed by atoms with Crippen molar-refractivity contribution in [2.75, 3.05) is 20.3 Å². The number of nitrogens with zero attached hydrogens (tertiary/aromatic N) is 2. The zero-order valence-electron chi connectivity index (χ0n) is 17.9. The summed E-state index contributed by atoms with van der Waals surface area (Å²) < 4.78 is 11.4. The Morgan fingerprint density at radius 2 is 1.97 bits per heavy atom. The fraction of sp³-hybridized carbons (Fsp3) is 0.261. The molecule has 1 N–H and O–H groups in total. The molecule has 7 nitrogen and oxygen atoms in total. The Bertz CT molecular complexity index is 1070. The van der Waals surface area contributed by atoms with Gasteiger partial charge in [-0.1, -0.05) is 29.8 Å². The molecule has 1 aliphatic heterocycles. The number of carboxylic acid groups (broad SMARTS) is 1. The molecule has 0 aliphatic carbocycles. The molecule has 0 saturated carbocycles. The summed E-state index contributed by atoms with van der Waals surface area (Å²) in [5.74, 6) is 0.134. The molecule has 0 atom stereocenters. The Morgan fingerprint density at radius 3 is 2.59 bits per heavy atom. The number of aliphatic carboxylic acids is 1. The third kappa shape index (κ3) is 6.14. The number of benzene rings is 2. The SMILES string of the molecule is COc1ccc(N=C2S/C(=C\c3cc(Br)ccc3OCC(=O)O)C(=O)N2CC(C)C)cc1. The van der Waals surface area contributed by atoms with Crippen LogP contribution in [0.15, 0.2) is 56.8 Å². The van der Waals surface area contributed by atoms with E-state index in [0.29, 0.717) is 33.6 Å². The lowest BCUT2D eigenvalue weighted by molar-refractivity contribution is -0.139. The molecular formula is C23H23BrN2O5S. The number of rotatable bonds is 8. The van der Waals surface area contributed by atoms with Crippen molar-refractivity contribution in [2.45, 2.75) is 13.8 Å². The minimum absolute atomic E-state index is 0.153. The van der Waals surface area contributed by atoms with Gasteiger partial charge < -0.3 is 14.6 Å². The van der Waals surface area contributed by atoms with Crippen LogP contribution in [-0.4, -0.2) is 47.3 Å². The second-order valence-corrected chi connectivity index (χ2v) is 9.30. The summed E-state index contributed by atoms with van der Waals surface area (Å²) in [6, 6.07) is 12.5. The van der Waals surface area contributed by atoms with Crippen LogP contribution in [0.5, 0.6) is 11.5 Å². The average molecular weight is 519 g/mol. The molecule has 0 spiro atoms. The van der Waals surface area contributed by atoms with Crippen molar-refractivity contribution in [2.24, 2.45) is 10.9 Å². The summed E-state index contributed by atoms with van der Waals surface area (Å²) in [6.07, 6.45) is 1.71. The molecule has 3 rings (SSSR count). The van der Waals surface area contributed by atoms with E-state index in [1.165, 1.54) is 11.8 Å². The van der Waals surface area contributed by atoms with Crippen molar-refractivity contribution in [1.82, 2.24) is 4.90 Å². The Hall–Kier alpha value is -2.78. The van der Waals surface area contributed by atoms with Gasteiger partial charge in [0.05, 0.1) is 17.7 Å². The lowest BCUT2D eigenvalue weighted by Gasteiger charge is -2.17. The van der Waals surface area contributed by atoms with Gasteiger partial charge in [0, 0.05) is 16.6 Å². The second kappa shape index (κ2) is 10.7. The maximum absolute atomic E-state index is 13.2. The predicted octanol–water partition coefficient (Wildman–Crippen LogP) is 5.18. The Labute approximate surface area is 199 Å². The highest BCUT2D eigenvalue weighted by atomic mass is 79.9. The van der Waals surface area contributed by atoms with Gasteiger partial charge in [-0.25, -0.2) is 9.79 Å². The van der Waals surface area contributed by atoms with Gasteiger partial charge in [0.1, 0.15) is 11.5 Å². The molecular weight excluding hydrogens is 496 g/mol. The standard InChI is InChI=1S/C23H23BrN2O5S/c1-14(2)12-26-22(29)20(32-23(26)25-17-5-7-18(30-3)8-6-17)11-15-10-16(24)4-9-19(15)31-13-21(27)28/h4-11,14H,12-13H2,1-3H3,(H,27,28)/b20-11-,25-23?. The van der Waals surface area contributed by atoms with E-state index >= 15 is 0 Å². The number of amidine groups is 1. The Balaban J connectivity index is 1.96. The quantitative estimate of drug-likeness (QED) is 0.484. The Kier molecular flexibility index (Phi) is 7.98. The maximum atomic E-state index is 13.2. The topological polar surface area (TPSA) is 88.4 Å². The number of hydrogen-bond donors (Lipinski definition) is 1. The molecule has 1 amide bonds. The molecule has 0 unspecified atom stereocenters. The number of amides is 1. The number of carbonyl (C=O) groups excluding carboxylic acids is 1. The Morgan fingerprint density at radius 1 is 1.25 bits per heavy atom. The van der Waals surface area contributed by atoms with Crippen LogP contribution in [0.2, 0.25) is 0 Å². The normalized spacial score (nSPS) is 16.3. The van der Waals surface area contributed by atoms with Crippen LogP contribution in [0.1, 0.15) is 19.4 Å². The van der Waals surface area contributed by atoms with E-state index in [-0.39, 0.29) is 11.8 Å². The monoisotopic (exact) mass is 518 g/mol. The second-order valence-electron chi connectivity index (χ2n) is 7.38. The van der Waals surface area contributed by atoms with Crippen molar-refractivity contribution in [3.8, 4) is 11.5 Å². The summed E-state index contributed by atoms with van der Waals surface area (Å²) in [6.45, 7) is 4.13. The van der Waals surface area contributed by atoms with Crippen LogP contribution in [0.3, 0.4) is 0 Å². The largest absolute Gasteiger partial charge is 0.497 e. The minimum atomic E-state index is -1.07. The number of carboxylic acids is 1. The van der Waals surface area contributed by atoms with Crippen LogP contribution in [0, 0.1) is 5.92 Å². The average Bonchev–Trinajstić information content (AvgIpc) is 3.02. The third-order valence-corrected chi connectivity index (χ3v) is 5.84. The molecule has 1 saturated heterocycles. The summed E-state index contributed by atoms with van der Waals surface area (Å²) in [4.78, 5) is 30.9. The van der Waals surface area contributed by atoms with Crippen molar-refractivity contribution >= 4 is 56.5 Å². The van der Waals surface area contributed by atoms with E-state index in [9.17, 15) is 9.59 Å². The molecule has 1 heterocycles. The number of halogens is 1. The van der Waals surface area contributed by atoms with Crippen LogP contribution in [0.25, 0.3) is 6.08 Å². The smallest absolute Gasteiger partial charge is 0.341 e. The van der Waals surface area contributed by atoms with Gasteiger partial charge in [-0.2, -0.15) is 0 Å². The van der Waals surface area contributed by atoms with Crippen molar-refractivity contribution in [1.29, 1.82) is 0 Å². The molecule has 1 aliphatic rings. The molecule has 168 valence electrons. The van der Waals surface area contributed by atoms with E-state index in [1.807, 2.05) is 38.1 Å². The van der Waals surface area contributed by atoms with Gasteiger partial charge >= 0.3 is 5.97 Å². The molecule has 0 bridgehead atoms. The van der Waals surface area contributed by atoms with Crippen LogP contribution in [0.4, 0.5) is 5.69 Å². The van der Waals surface area contributed by atoms with E-state index in [4.69, 9.17) is 14.6 Å². The molecule has 0 radical (unpaired) electrons. The predicted molar refractivity (Wildman–Crippen MR) is 129 cm³/mol. The van der Waals surface area contributed by atoms with Gasteiger partial charge in [0.25, 0.3) is 5.91 Å². The van der Waals surface area contributed by atoms with Gasteiger partial charge in [-0.15, -0.1) is 0 Å². The first-order chi connectivity index (χ1) is 15.3. The first-order valence-corrected chi connectivity index (χ1v) is 11.5. The molecule has 32 heavy (non-hydrogen) atoms. The number of methoxy groups -OCH3 is 1. The van der Waals surface area contributed by atoms with E-state index in [1.54, 1.807) is 36.3 Å². The van der Waals surface area contributed by atoms with Crippen LogP contribution < -0.4 is 9.47 Å². The zero-order valence-corrected chi connectivity index (χ0v) is 20.3. The van der Waals surface area contributed by atoms with E-state index in [0.717, 1.165) is 10.2 Å². The molecule has 1 fully saturated rings.